The number of rotatable bonds is 53. The molecule has 1 saturated carbocycles. The lowest BCUT2D eigenvalue weighted by Gasteiger charge is -2.49. The highest BCUT2D eigenvalue weighted by Crippen LogP contribution is 2.63. The van der Waals surface area contributed by atoms with Crippen LogP contribution in [0.2, 0.25) is 0 Å². The van der Waals surface area contributed by atoms with E-state index in [1.807, 2.05) is 0 Å². The average molecular weight is 1600 g/mol. The van der Waals surface area contributed by atoms with Gasteiger partial charge in [-0.1, -0.05) is 291 Å². The monoisotopic (exact) mass is 1600 g/mol. The summed E-state index contributed by atoms with van der Waals surface area (Å²) in [6.45, 7) is 2.48. The summed E-state index contributed by atoms with van der Waals surface area (Å²) in [5.41, 5.74) is 3.12. The van der Waals surface area contributed by atoms with Crippen molar-refractivity contribution in [1.82, 2.24) is 0 Å². The van der Waals surface area contributed by atoms with Crippen LogP contribution in [-0.4, -0.2) is 79.8 Å². The van der Waals surface area contributed by atoms with E-state index >= 15 is 18.3 Å². The molecule has 0 aromatic heterocycles. The van der Waals surface area contributed by atoms with E-state index in [4.69, 9.17) is 73.2 Å². The van der Waals surface area contributed by atoms with Crippen molar-refractivity contribution >= 4 is 55.2 Å². The standard InChI is InChI=1S/C82H104O24P4/c1-5-9-11-13-36-54-73(83)91-63-72(100-76(86)55-37-14-12-10-6-2)64-99-110(90,98-62-71-52-34-21-35-53-71)103-79-77(101-74(84)38-7-3)80(104-107(87,92-56-65-40-22-15-23-41-65)93-57-66-42-24-16-25-43-66)82(106-109(89,96-60-69-48-30-19-31-49-69)97-61-70-50-32-20-33-51-70)81(78(79)102-75(85)39-8-4)105-108(88,94-58-67-44-26-17-27-45-67)95-59-68-46-28-18-29-47-68/h15-35,40-53,72,77-82H,5-14,36-39,54-64H2,1-4H3/t72-,77+,78+,79?,80-,81+,82?,110?/m1/s1. The molecule has 3 unspecified atom stereocenters. The zero-order valence-electron chi connectivity index (χ0n) is 63.0. The second-order valence-electron chi connectivity index (χ2n) is 26.2. The van der Waals surface area contributed by atoms with Gasteiger partial charge in [-0.15, -0.1) is 0 Å². The van der Waals surface area contributed by atoms with Crippen molar-refractivity contribution in [2.45, 2.75) is 219 Å². The quantitative estimate of drug-likeness (QED) is 0.0148. The average Bonchev–Trinajstić information content (AvgIpc) is 0.745. The molecule has 0 amide bonds. The summed E-state index contributed by atoms with van der Waals surface area (Å²) in [7, 11) is -21.8. The van der Waals surface area contributed by atoms with Crippen LogP contribution in [0.25, 0.3) is 0 Å². The van der Waals surface area contributed by atoms with Gasteiger partial charge >= 0.3 is 55.2 Å². The first-order valence-electron chi connectivity index (χ1n) is 37.7. The number of phosphoric acid groups is 4. The van der Waals surface area contributed by atoms with E-state index in [-0.39, 0.29) is 38.5 Å². The van der Waals surface area contributed by atoms with E-state index in [0.29, 0.717) is 58.2 Å². The number of esters is 4. The topological polar surface area (TPSA) is 284 Å². The number of hydrogen-bond acceptors (Lipinski definition) is 24. The maximum atomic E-state index is 16.8. The van der Waals surface area contributed by atoms with Crippen LogP contribution in [0.5, 0.6) is 0 Å². The summed E-state index contributed by atoms with van der Waals surface area (Å²) < 4.78 is 170. The van der Waals surface area contributed by atoms with Crippen molar-refractivity contribution in [2.75, 3.05) is 13.2 Å². The normalized spacial score (nSPS) is 17.5. The molecule has 24 nitrogen and oxygen atoms in total. The Morgan fingerprint density at radius 3 is 0.791 bits per heavy atom. The van der Waals surface area contributed by atoms with Gasteiger partial charge in [0.2, 0.25) is 0 Å². The third-order valence-corrected chi connectivity index (χ3v) is 22.7. The zero-order chi connectivity index (χ0) is 78.1. The summed E-state index contributed by atoms with van der Waals surface area (Å²) in [4.78, 5) is 57.4. The Morgan fingerprint density at radius 2 is 0.518 bits per heavy atom. The zero-order valence-corrected chi connectivity index (χ0v) is 66.6. The molecule has 0 heterocycles. The van der Waals surface area contributed by atoms with Crippen molar-refractivity contribution in [3.63, 3.8) is 0 Å². The fraction of sp³-hybridized carbons (Fsp3) is 0.439. The molecule has 0 aliphatic heterocycles. The van der Waals surface area contributed by atoms with Crippen molar-refractivity contribution < 1.29 is 111 Å². The molecule has 596 valence electrons. The van der Waals surface area contributed by atoms with Gasteiger partial charge < -0.3 is 18.9 Å². The minimum atomic E-state index is -5.60. The van der Waals surface area contributed by atoms with E-state index in [9.17, 15) is 19.2 Å². The van der Waals surface area contributed by atoms with Gasteiger partial charge in [-0.05, 0) is 64.6 Å². The van der Waals surface area contributed by atoms with Crippen LogP contribution in [0.4, 0.5) is 0 Å². The fourth-order valence-corrected chi connectivity index (χ4v) is 16.8. The molecule has 0 bridgehead atoms. The minimum absolute atomic E-state index is 0.0381. The maximum Gasteiger partial charge on any atom is 0.475 e. The van der Waals surface area contributed by atoms with Gasteiger partial charge in [0.05, 0.1) is 52.9 Å². The van der Waals surface area contributed by atoms with Crippen molar-refractivity contribution in [2.24, 2.45) is 0 Å². The molecule has 8 rings (SSSR count). The molecular formula is C82H104O24P4. The van der Waals surface area contributed by atoms with Gasteiger partial charge in [-0.25, -0.2) is 18.3 Å². The molecule has 8 atom stereocenters. The van der Waals surface area contributed by atoms with Crippen LogP contribution >= 0.6 is 31.3 Å². The van der Waals surface area contributed by atoms with Crippen molar-refractivity contribution in [3.05, 3.63) is 251 Å². The number of phosphoric ester groups is 4. The Labute approximate surface area is 646 Å². The first-order chi connectivity index (χ1) is 53.4. The largest absolute Gasteiger partial charge is 0.475 e. The Balaban J connectivity index is 1.39. The minimum Gasteiger partial charge on any atom is -0.462 e. The predicted molar refractivity (Wildman–Crippen MR) is 412 cm³/mol. The lowest BCUT2D eigenvalue weighted by molar-refractivity contribution is -0.233. The van der Waals surface area contributed by atoms with Crippen molar-refractivity contribution in [3.8, 4) is 0 Å². The molecule has 1 aliphatic rings. The van der Waals surface area contributed by atoms with E-state index in [2.05, 4.69) is 13.8 Å². The van der Waals surface area contributed by atoms with Crippen molar-refractivity contribution in [1.29, 1.82) is 0 Å². The highest BCUT2D eigenvalue weighted by Gasteiger charge is 2.64. The van der Waals surface area contributed by atoms with Crippen LogP contribution in [0.15, 0.2) is 212 Å². The SMILES string of the molecule is CCCCCCCC(=O)OC[C@H](COP(=O)(OCc1ccccc1)OC1[C@H](OC(=O)CCC)[C@H](OP(=O)(OCc2ccccc2)OCc2ccccc2)C(OP(=O)(OCc2ccccc2)OCc2ccccc2)[C@H](OP(=O)(OCc2ccccc2)OCc2ccccc2)[C@H]1OC(=O)CCC)OC(=O)CCCCCCC. The molecule has 0 radical (unpaired) electrons. The van der Waals surface area contributed by atoms with E-state index in [1.165, 1.54) is 0 Å². The van der Waals surface area contributed by atoms with Crippen LogP contribution < -0.4 is 0 Å². The van der Waals surface area contributed by atoms with Crippen LogP contribution in [0.3, 0.4) is 0 Å². The van der Waals surface area contributed by atoms with Gasteiger partial charge in [-0.3, -0.25) is 73.5 Å². The smallest absolute Gasteiger partial charge is 0.462 e. The van der Waals surface area contributed by atoms with Gasteiger partial charge in [-0.2, -0.15) is 0 Å². The molecule has 7 aromatic rings. The summed E-state index contributed by atoms with van der Waals surface area (Å²) in [5.74, 6) is -3.38. The molecule has 0 spiro atoms. The predicted octanol–water partition coefficient (Wildman–Crippen LogP) is 20.1. The number of hydrogen-bond donors (Lipinski definition) is 0. The Kier molecular flexibility index (Phi) is 38.6. The highest BCUT2D eigenvalue weighted by molar-refractivity contribution is 7.49. The number of carbonyl (C=O) groups excluding carboxylic acids is 4. The molecule has 7 aromatic carbocycles. The summed E-state index contributed by atoms with van der Waals surface area (Å²) in [6.07, 6.45) is -8.42. The fourth-order valence-electron chi connectivity index (χ4n) is 11.3. The molecule has 1 fully saturated rings. The molecule has 0 saturated heterocycles. The molecule has 1 aliphatic carbocycles. The van der Waals surface area contributed by atoms with Gasteiger partial charge in [0, 0.05) is 25.7 Å². The second-order valence-corrected chi connectivity index (χ2v) is 32.7. The van der Waals surface area contributed by atoms with Crippen LogP contribution in [-0.2, 0) is 157 Å². The first kappa shape index (κ1) is 88.4. The van der Waals surface area contributed by atoms with Gasteiger partial charge in [0.1, 0.15) is 31.0 Å². The summed E-state index contributed by atoms with van der Waals surface area (Å²) >= 11 is 0. The van der Waals surface area contributed by atoms with E-state index in [0.717, 1.165) is 44.9 Å². The maximum absolute atomic E-state index is 16.8. The number of ether oxygens (including phenoxy) is 4. The van der Waals surface area contributed by atoms with E-state index in [1.54, 1.807) is 226 Å². The first-order valence-corrected chi connectivity index (χ1v) is 43.6. The number of unbranched alkanes of at least 4 members (excludes halogenated alkanes) is 8. The molecule has 28 heteroatoms. The summed E-state index contributed by atoms with van der Waals surface area (Å²) in [6, 6.07) is 59.4. The summed E-state index contributed by atoms with van der Waals surface area (Å²) in [5, 5.41) is 0. The number of benzene rings is 7. The van der Waals surface area contributed by atoms with Gasteiger partial charge in [0.15, 0.2) is 18.3 Å². The highest BCUT2D eigenvalue weighted by atomic mass is 31.2. The second kappa shape index (κ2) is 48.0. The lowest BCUT2D eigenvalue weighted by atomic mass is 9.84. The van der Waals surface area contributed by atoms with Gasteiger partial charge in [0.25, 0.3) is 0 Å². The molecule has 0 N–H and O–H groups in total. The Bertz CT molecular complexity index is 3700. The van der Waals surface area contributed by atoms with Crippen LogP contribution in [0.1, 0.15) is 169 Å². The molecule has 110 heavy (non-hydrogen) atoms. The third-order valence-electron chi connectivity index (χ3n) is 17.1. The Hall–Kier alpha value is -7.14. The third kappa shape index (κ3) is 31.8. The van der Waals surface area contributed by atoms with Crippen LogP contribution in [0, 0.1) is 0 Å². The molecular weight excluding hydrogens is 1490 g/mol. The van der Waals surface area contributed by atoms with E-state index < -0.39 is 157 Å². The lowest BCUT2D eigenvalue weighted by Crippen LogP contribution is -2.67. The Morgan fingerprint density at radius 1 is 0.273 bits per heavy atom. The number of carbonyl (C=O) groups is 4.